The topological polar surface area (TPSA) is 89.9 Å². The third-order valence-corrected chi connectivity index (χ3v) is 1.82. The quantitative estimate of drug-likeness (QED) is 0.304. The standard InChI is InChI=1S/C8H14O6S/c1-7(2)8(9)13-5-3-4-6-14-15(10,11)12/h1,3-6H2,2H3,(H,10,11,12). The number of ether oxygens (including phenoxy) is 1. The van der Waals surface area contributed by atoms with Crippen molar-refractivity contribution in [3.05, 3.63) is 12.2 Å². The summed E-state index contributed by atoms with van der Waals surface area (Å²) in [5.41, 5.74) is 0.309. The Labute approximate surface area is 88.8 Å². The van der Waals surface area contributed by atoms with E-state index in [0.29, 0.717) is 18.4 Å². The van der Waals surface area contributed by atoms with Crippen LogP contribution in [0.5, 0.6) is 0 Å². The molecule has 0 amide bonds. The highest BCUT2D eigenvalue weighted by Gasteiger charge is 2.04. The Bertz CT molecular complexity index is 318. The molecule has 0 saturated heterocycles. The predicted molar refractivity (Wildman–Crippen MR) is 52.5 cm³/mol. The first-order chi connectivity index (χ1) is 6.83. The molecule has 7 heteroatoms. The molecule has 0 aromatic rings. The number of rotatable bonds is 7. The summed E-state index contributed by atoms with van der Waals surface area (Å²) >= 11 is 0. The molecule has 88 valence electrons. The van der Waals surface area contributed by atoms with Crippen LogP contribution in [0.2, 0.25) is 0 Å². The maximum absolute atomic E-state index is 10.8. The lowest BCUT2D eigenvalue weighted by Gasteiger charge is -2.03. The zero-order chi connectivity index (χ0) is 11.9. The number of unbranched alkanes of at least 4 members (excludes halogenated alkanes) is 1. The first-order valence-electron chi connectivity index (χ1n) is 4.27. The van der Waals surface area contributed by atoms with Gasteiger partial charge in [-0.1, -0.05) is 6.58 Å². The number of carbonyl (C=O) groups is 1. The van der Waals surface area contributed by atoms with Crippen LogP contribution >= 0.6 is 0 Å². The van der Waals surface area contributed by atoms with Crippen molar-refractivity contribution in [2.45, 2.75) is 19.8 Å². The third-order valence-electron chi connectivity index (χ3n) is 1.35. The van der Waals surface area contributed by atoms with Crippen molar-refractivity contribution in [1.29, 1.82) is 0 Å². The first-order valence-corrected chi connectivity index (χ1v) is 5.64. The van der Waals surface area contributed by atoms with Crippen molar-refractivity contribution in [3.63, 3.8) is 0 Å². The lowest BCUT2D eigenvalue weighted by molar-refractivity contribution is -0.139. The molecule has 0 radical (unpaired) electrons. The summed E-state index contributed by atoms with van der Waals surface area (Å²) in [4.78, 5) is 10.8. The van der Waals surface area contributed by atoms with E-state index in [2.05, 4.69) is 10.8 Å². The fourth-order valence-electron chi connectivity index (χ4n) is 0.656. The van der Waals surface area contributed by atoms with Crippen LogP contribution in [0.1, 0.15) is 19.8 Å². The van der Waals surface area contributed by atoms with Crippen LogP contribution in [-0.4, -0.2) is 32.2 Å². The molecule has 0 aromatic heterocycles. The highest BCUT2D eigenvalue weighted by atomic mass is 32.3. The van der Waals surface area contributed by atoms with Crippen LogP contribution in [0, 0.1) is 0 Å². The Balaban J connectivity index is 3.41. The highest BCUT2D eigenvalue weighted by Crippen LogP contribution is 1.97. The Morgan fingerprint density at radius 3 is 2.33 bits per heavy atom. The number of hydrogen-bond donors (Lipinski definition) is 1. The fourth-order valence-corrected chi connectivity index (χ4v) is 0.985. The molecule has 6 nitrogen and oxygen atoms in total. The monoisotopic (exact) mass is 238 g/mol. The Kier molecular flexibility index (Phi) is 6.14. The minimum absolute atomic E-state index is 0.135. The lowest BCUT2D eigenvalue weighted by atomic mass is 10.3. The van der Waals surface area contributed by atoms with Crippen LogP contribution in [0.15, 0.2) is 12.2 Å². The summed E-state index contributed by atoms with van der Waals surface area (Å²) in [6.07, 6.45) is 0.817. The van der Waals surface area contributed by atoms with E-state index in [4.69, 9.17) is 9.29 Å². The van der Waals surface area contributed by atoms with Crippen LogP contribution in [0.25, 0.3) is 0 Å². The second kappa shape index (κ2) is 6.54. The van der Waals surface area contributed by atoms with E-state index in [0.717, 1.165) is 0 Å². The molecule has 0 bridgehead atoms. The van der Waals surface area contributed by atoms with Gasteiger partial charge in [0.1, 0.15) is 0 Å². The molecular weight excluding hydrogens is 224 g/mol. The molecule has 0 aliphatic carbocycles. The van der Waals surface area contributed by atoms with Gasteiger partial charge in [-0.25, -0.2) is 8.98 Å². The molecule has 0 aliphatic rings. The van der Waals surface area contributed by atoms with E-state index >= 15 is 0 Å². The van der Waals surface area contributed by atoms with Gasteiger partial charge in [-0.05, 0) is 19.8 Å². The van der Waals surface area contributed by atoms with Crippen molar-refractivity contribution < 1.29 is 26.7 Å². The van der Waals surface area contributed by atoms with Crippen LogP contribution in [0.3, 0.4) is 0 Å². The maximum atomic E-state index is 10.8. The van der Waals surface area contributed by atoms with Crippen LogP contribution in [0.4, 0.5) is 0 Å². The minimum atomic E-state index is -4.36. The molecule has 0 rings (SSSR count). The highest BCUT2D eigenvalue weighted by molar-refractivity contribution is 7.80. The molecule has 0 atom stereocenters. The van der Waals surface area contributed by atoms with Gasteiger partial charge in [0, 0.05) is 5.57 Å². The molecule has 0 saturated carbocycles. The zero-order valence-electron chi connectivity index (χ0n) is 8.43. The molecule has 0 aromatic carbocycles. The Morgan fingerprint density at radius 1 is 1.33 bits per heavy atom. The van der Waals surface area contributed by atoms with E-state index in [-0.39, 0.29) is 13.2 Å². The van der Waals surface area contributed by atoms with Crippen LogP contribution in [-0.2, 0) is 24.1 Å². The van der Waals surface area contributed by atoms with E-state index in [1.165, 1.54) is 6.92 Å². The summed E-state index contributed by atoms with van der Waals surface area (Å²) in [5, 5.41) is 0. The van der Waals surface area contributed by atoms with Crippen molar-refractivity contribution in [1.82, 2.24) is 0 Å². The summed E-state index contributed by atoms with van der Waals surface area (Å²) < 4.78 is 37.2. The van der Waals surface area contributed by atoms with Gasteiger partial charge < -0.3 is 4.74 Å². The van der Waals surface area contributed by atoms with Gasteiger partial charge in [0.05, 0.1) is 13.2 Å². The lowest BCUT2D eigenvalue weighted by Crippen LogP contribution is -2.08. The van der Waals surface area contributed by atoms with Gasteiger partial charge in [0.2, 0.25) is 0 Å². The van der Waals surface area contributed by atoms with E-state index in [1.54, 1.807) is 0 Å². The molecule has 0 spiro atoms. The first kappa shape index (κ1) is 14.1. The molecule has 0 unspecified atom stereocenters. The van der Waals surface area contributed by atoms with E-state index < -0.39 is 16.4 Å². The normalized spacial score (nSPS) is 11.1. The molecular formula is C8H14O6S. The van der Waals surface area contributed by atoms with Gasteiger partial charge in [0.25, 0.3) is 0 Å². The van der Waals surface area contributed by atoms with Crippen molar-refractivity contribution in [3.8, 4) is 0 Å². The molecule has 15 heavy (non-hydrogen) atoms. The number of carbonyl (C=O) groups excluding carboxylic acids is 1. The van der Waals surface area contributed by atoms with Crippen molar-refractivity contribution in [2.24, 2.45) is 0 Å². The summed E-state index contributed by atoms with van der Waals surface area (Å²) in [6, 6.07) is 0. The second-order valence-electron chi connectivity index (χ2n) is 2.87. The third kappa shape index (κ3) is 9.39. The minimum Gasteiger partial charge on any atom is -0.462 e. The van der Waals surface area contributed by atoms with Gasteiger partial charge in [-0.15, -0.1) is 0 Å². The van der Waals surface area contributed by atoms with Crippen molar-refractivity contribution in [2.75, 3.05) is 13.2 Å². The Hall–Kier alpha value is -0.920. The molecule has 1 N–H and O–H groups in total. The van der Waals surface area contributed by atoms with E-state index in [9.17, 15) is 13.2 Å². The molecule has 0 heterocycles. The summed E-state index contributed by atoms with van der Waals surface area (Å²) in [5.74, 6) is -0.481. The van der Waals surface area contributed by atoms with Gasteiger partial charge in [0.15, 0.2) is 0 Å². The number of hydrogen-bond acceptors (Lipinski definition) is 5. The van der Waals surface area contributed by atoms with Gasteiger partial charge in [-0.3, -0.25) is 4.55 Å². The smallest absolute Gasteiger partial charge is 0.397 e. The average Bonchev–Trinajstić information content (AvgIpc) is 2.08. The average molecular weight is 238 g/mol. The fraction of sp³-hybridized carbons (Fsp3) is 0.625. The zero-order valence-corrected chi connectivity index (χ0v) is 9.25. The summed E-state index contributed by atoms with van der Waals surface area (Å²) in [7, 11) is -4.36. The van der Waals surface area contributed by atoms with E-state index in [1.807, 2.05) is 0 Å². The maximum Gasteiger partial charge on any atom is 0.397 e. The van der Waals surface area contributed by atoms with Crippen molar-refractivity contribution >= 4 is 16.4 Å². The Morgan fingerprint density at radius 2 is 1.87 bits per heavy atom. The number of esters is 1. The predicted octanol–water partition coefficient (Wildman–Crippen LogP) is 0.705. The SMILES string of the molecule is C=C(C)C(=O)OCCCCOS(=O)(=O)O. The van der Waals surface area contributed by atoms with Gasteiger partial charge in [-0.2, -0.15) is 8.42 Å². The van der Waals surface area contributed by atoms with Crippen LogP contribution < -0.4 is 0 Å². The molecule has 0 aliphatic heterocycles. The molecule has 0 fully saturated rings. The largest absolute Gasteiger partial charge is 0.462 e. The van der Waals surface area contributed by atoms with Gasteiger partial charge >= 0.3 is 16.4 Å². The summed E-state index contributed by atoms with van der Waals surface area (Å²) in [6.45, 7) is 4.95. The second-order valence-corrected chi connectivity index (χ2v) is 3.96.